The third kappa shape index (κ3) is 4.77. The van der Waals surface area contributed by atoms with E-state index in [-0.39, 0.29) is 17.8 Å². The molecule has 0 bridgehead atoms. The van der Waals surface area contributed by atoms with Crippen molar-refractivity contribution in [2.75, 3.05) is 20.2 Å². The van der Waals surface area contributed by atoms with E-state index < -0.39 is 0 Å². The second-order valence-corrected chi connectivity index (χ2v) is 7.81. The van der Waals surface area contributed by atoms with Crippen LogP contribution in [0.4, 0.5) is 10.3 Å². The second-order valence-electron chi connectivity index (χ2n) is 7.81. The van der Waals surface area contributed by atoms with Gasteiger partial charge in [0.25, 0.3) is 5.88 Å². The minimum absolute atomic E-state index is 0.000965. The van der Waals surface area contributed by atoms with Gasteiger partial charge >= 0.3 is 0 Å². The van der Waals surface area contributed by atoms with Crippen molar-refractivity contribution in [1.29, 1.82) is 0 Å². The molecule has 7 heteroatoms. The van der Waals surface area contributed by atoms with Gasteiger partial charge in [0.2, 0.25) is 0 Å². The smallest absolute Gasteiger partial charge is 0.253 e. The number of nitrogens with zero attached hydrogens (tertiary/aromatic N) is 3. The van der Waals surface area contributed by atoms with Crippen LogP contribution in [-0.4, -0.2) is 42.3 Å². The van der Waals surface area contributed by atoms with Crippen LogP contribution in [0, 0.1) is 5.82 Å². The van der Waals surface area contributed by atoms with Crippen molar-refractivity contribution >= 4 is 11.8 Å². The molecule has 2 aromatic carbocycles. The average molecular weight is 423 g/mol. The zero-order valence-electron chi connectivity index (χ0n) is 17.8. The number of ether oxygens (including phenoxy) is 1. The largest absolute Gasteiger partial charge is 0.381 e. The highest BCUT2D eigenvalue weighted by atomic mass is 19.1. The lowest BCUT2D eigenvalue weighted by Crippen LogP contribution is -2.44. The highest BCUT2D eigenvalue weighted by Crippen LogP contribution is 2.29. The lowest BCUT2D eigenvalue weighted by atomic mass is 9.95. The third-order valence-corrected chi connectivity index (χ3v) is 5.88. The Hall–Kier alpha value is -3.19. The fourth-order valence-corrected chi connectivity index (χ4v) is 3.86. The highest BCUT2D eigenvalue weighted by Gasteiger charge is 2.21. The highest BCUT2D eigenvalue weighted by molar-refractivity contribution is 5.80. The number of hydrogen-bond acceptors (Lipinski definition) is 4. The zero-order valence-corrected chi connectivity index (χ0v) is 17.8. The number of hydrogen-bond donors (Lipinski definition) is 1. The van der Waals surface area contributed by atoms with Gasteiger partial charge < -0.3 is 19.9 Å². The van der Waals surface area contributed by atoms with Crippen molar-refractivity contribution in [2.24, 2.45) is 10.7 Å². The van der Waals surface area contributed by atoms with Gasteiger partial charge in [-0.15, -0.1) is 0 Å². The second kappa shape index (κ2) is 9.31. The first-order valence-electron chi connectivity index (χ1n) is 10.5. The number of piperidine rings is 1. The first kappa shape index (κ1) is 21.1. The number of methoxy groups -OCH3 is 1. The summed E-state index contributed by atoms with van der Waals surface area (Å²) in [6, 6.07) is 16.4. The fourth-order valence-electron chi connectivity index (χ4n) is 3.86. The molecule has 0 amide bonds. The van der Waals surface area contributed by atoms with Crippen LogP contribution in [0.1, 0.15) is 36.9 Å². The summed E-state index contributed by atoms with van der Waals surface area (Å²) >= 11 is 0. The molecule has 1 saturated heterocycles. The molecule has 2 N–H and O–H groups in total. The van der Waals surface area contributed by atoms with E-state index in [9.17, 15) is 4.39 Å². The van der Waals surface area contributed by atoms with E-state index in [0.29, 0.717) is 17.4 Å². The van der Waals surface area contributed by atoms with E-state index in [1.54, 1.807) is 19.2 Å². The molecule has 0 radical (unpaired) electrons. The number of aliphatic imine (C=N–C) groups is 1. The number of halogens is 1. The maximum absolute atomic E-state index is 14.0. The Labute approximate surface area is 181 Å². The summed E-state index contributed by atoms with van der Waals surface area (Å²) in [4.78, 5) is 6.43. The van der Waals surface area contributed by atoms with Crippen LogP contribution in [0.2, 0.25) is 0 Å². The normalized spacial score (nSPS) is 16.5. The van der Waals surface area contributed by atoms with Crippen LogP contribution >= 0.6 is 0 Å². The Bertz CT molecular complexity index is 1040. The maximum atomic E-state index is 14.0. The van der Waals surface area contributed by atoms with Gasteiger partial charge in [0.15, 0.2) is 5.96 Å². The lowest BCUT2D eigenvalue weighted by Gasteiger charge is -2.31. The van der Waals surface area contributed by atoms with Crippen LogP contribution in [0.5, 0.6) is 0 Å². The maximum Gasteiger partial charge on any atom is 0.253 e. The van der Waals surface area contributed by atoms with Crippen LogP contribution in [0.25, 0.3) is 11.1 Å². The van der Waals surface area contributed by atoms with E-state index in [2.05, 4.69) is 10.1 Å². The predicted octanol–water partition coefficient (Wildman–Crippen LogP) is 4.69. The van der Waals surface area contributed by atoms with E-state index >= 15 is 0 Å². The zero-order chi connectivity index (χ0) is 21.8. The average Bonchev–Trinajstić information content (AvgIpc) is 3.27. The molecule has 1 aliphatic heterocycles. The molecule has 162 valence electrons. The molecule has 4 rings (SSSR count). The van der Waals surface area contributed by atoms with Crippen molar-refractivity contribution in [1.82, 2.24) is 10.1 Å². The number of aromatic nitrogens is 1. The van der Waals surface area contributed by atoms with Crippen molar-refractivity contribution in [3.63, 3.8) is 0 Å². The molecule has 1 unspecified atom stereocenters. The molecule has 0 spiro atoms. The lowest BCUT2D eigenvalue weighted by molar-refractivity contribution is 0.0576. The minimum atomic E-state index is -0.230. The Morgan fingerprint density at radius 1 is 1.19 bits per heavy atom. The van der Waals surface area contributed by atoms with Crippen molar-refractivity contribution < 1.29 is 13.7 Å². The van der Waals surface area contributed by atoms with Crippen molar-refractivity contribution in [2.45, 2.75) is 31.8 Å². The summed E-state index contributed by atoms with van der Waals surface area (Å²) < 4.78 is 24.8. The van der Waals surface area contributed by atoms with Crippen LogP contribution in [-0.2, 0) is 4.74 Å². The summed E-state index contributed by atoms with van der Waals surface area (Å²) in [5.74, 6) is 0.586. The Morgan fingerprint density at radius 3 is 2.58 bits per heavy atom. The Morgan fingerprint density at radius 2 is 1.90 bits per heavy atom. The molecule has 6 nitrogen and oxygen atoms in total. The van der Waals surface area contributed by atoms with E-state index in [4.69, 9.17) is 15.0 Å². The standard InChI is InChI=1S/C24H27FN4O2/c1-16(17-7-9-18(10-8-17)20-5-3-4-6-21(20)25)22-15-23(31-28-22)27-24(26)29-13-11-19(30-2)12-14-29/h3-10,15-16,19H,11-14H2,1-2H3,(H2,26,27). The topological polar surface area (TPSA) is 76.9 Å². The Balaban J connectivity index is 1.44. The first-order chi connectivity index (χ1) is 15.0. The molecule has 1 atom stereocenters. The molecule has 3 aromatic rings. The van der Waals surface area contributed by atoms with E-state index in [1.807, 2.05) is 48.2 Å². The molecular formula is C24H27FN4O2. The summed E-state index contributed by atoms with van der Waals surface area (Å²) in [5, 5.41) is 4.17. The van der Waals surface area contributed by atoms with Gasteiger partial charge in [0, 0.05) is 37.7 Å². The number of nitrogens with two attached hydrogens (primary N) is 1. The summed E-state index contributed by atoms with van der Waals surface area (Å²) in [6.07, 6.45) is 2.13. The molecule has 31 heavy (non-hydrogen) atoms. The van der Waals surface area contributed by atoms with E-state index in [0.717, 1.165) is 42.8 Å². The van der Waals surface area contributed by atoms with Crippen molar-refractivity contribution in [3.8, 4) is 11.1 Å². The summed E-state index contributed by atoms with van der Waals surface area (Å²) in [5.41, 5.74) is 9.41. The van der Waals surface area contributed by atoms with Gasteiger partial charge in [-0.25, -0.2) is 4.39 Å². The third-order valence-electron chi connectivity index (χ3n) is 5.88. The van der Waals surface area contributed by atoms with E-state index in [1.165, 1.54) is 6.07 Å². The number of guanidine groups is 1. The van der Waals surface area contributed by atoms with Crippen LogP contribution in [0.3, 0.4) is 0 Å². The van der Waals surface area contributed by atoms with Gasteiger partial charge in [-0.05, 0) is 30.0 Å². The summed E-state index contributed by atoms with van der Waals surface area (Å²) in [6.45, 7) is 3.65. The SMILES string of the molecule is COC1CCN(C(N)=Nc2cc(C(C)c3ccc(-c4ccccc4F)cc3)no2)CC1. The molecule has 1 aromatic heterocycles. The van der Waals surface area contributed by atoms with Crippen LogP contribution in [0.15, 0.2) is 64.1 Å². The first-order valence-corrected chi connectivity index (χ1v) is 10.5. The Kier molecular flexibility index (Phi) is 6.32. The minimum Gasteiger partial charge on any atom is -0.381 e. The molecule has 1 aliphatic rings. The number of benzene rings is 2. The van der Waals surface area contributed by atoms with Crippen LogP contribution < -0.4 is 5.73 Å². The molecule has 2 heterocycles. The molecular weight excluding hydrogens is 395 g/mol. The molecule has 0 saturated carbocycles. The summed E-state index contributed by atoms with van der Waals surface area (Å²) in [7, 11) is 1.74. The van der Waals surface area contributed by atoms with Gasteiger partial charge in [-0.3, -0.25) is 0 Å². The van der Waals surface area contributed by atoms with Gasteiger partial charge in [-0.2, -0.15) is 4.99 Å². The monoisotopic (exact) mass is 422 g/mol. The van der Waals surface area contributed by atoms with Gasteiger partial charge in [-0.1, -0.05) is 54.5 Å². The van der Waals surface area contributed by atoms with Crippen molar-refractivity contribution in [3.05, 3.63) is 71.7 Å². The predicted molar refractivity (Wildman–Crippen MR) is 119 cm³/mol. The number of rotatable bonds is 5. The quantitative estimate of drug-likeness (QED) is 0.477. The fraction of sp³-hybridized carbons (Fsp3) is 0.333. The van der Waals surface area contributed by atoms with Gasteiger partial charge in [0.05, 0.1) is 11.8 Å². The molecule has 1 fully saturated rings. The van der Waals surface area contributed by atoms with Gasteiger partial charge in [0.1, 0.15) is 5.82 Å². The molecule has 0 aliphatic carbocycles. The number of likely N-dealkylation sites (tertiary alicyclic amines) is 1.